The third-order valence-electron chi connectivity index (χ3n) is 5.01. The minimum absolute atomic E-state index is 0.0430. The molecule has 8 heteroatoms. The van der Waals surface area contributed by atoms with Crippen LogP contribution >= 0.6 is 0 Å². The molecular formula is C21H23N3O5. The molecule has 152 valence electrons. The van der Waals surface area contributed by atoms with Gasteiger partial charge >= 0.3 is 0 Å². The van der Waals surface area contributed by atoms with Gasteiger partial charge in [-0.1, -0.05) is 0 Å². The molecule has 1 aromatic carbocycles. The molecule has 0 spiro atoms. The van der Waals surface area contributed by atoms with Gasteiger partial charge in [0.1, 0.15) is 17.9 Å². The zero-order valence-electron chi connectivity index (χ0n) is 16.4. The fraction of sp³-hybridized carbons (Fsp3) is 0.381. The van der Waals surface area contributed by atoms with Crippen LogP contribution in [0.1, 0.15) is 28.8 Å². The molecule has 0 bridgehead atoms. The first-order valence-electron chi connectivity index (χ1n) is 9.54. The van der Waals surface area contributed by atoms with Crippen molar-refractivity contribution in [3.63, 3.8) is 0 Å². The SMILES string of the molecule is COc1ccc(C(=O)N2CCOc3ccc(NC(=O)C4CC4)cc3C2)c(OC)n1. The van der Waals surface area contributed by atoms with Gasteiger partial charge in [-0.2, -0.15) is 4.98 Å². The number of aromatic nitrogens is 1. The maximum absolute atomic E-state index is 13.1. The summed E-state index contributed by atoms with van der Waals surface area (Å²) in [5.74, 6) is 1.26. The van der Waals surface area contributed by atoms with Crippen molar-refractivity contribution in [1.29, 1.82) is 0 Å². The predicted octanol–water partition coefficient (Wildman–Crippen LogP) is 2.48. The van der Waals surface area contributed by atoms with E-state index in [0.29, 0.717) is 42.6 Å². The number of rotatable bonds is 5. The fourth-order valence-corrected chi connectivity index (χ4v) is 3.26. The number of carbonyl (C=O) groups excluding carboxylic acids is 2. The number of nitrogens with one attached hydrogen (secondary N) is 1. The number of methoxy groups -OCH3 is 2. The highest BCUT2D eigenvalue weighted by Crippen LogP contribution is 2.32. The number of hydrogen-bond donors (Lipinski definition) is 1. The summed E-state index contributed by atoms with van der Waals surface area (Å²) in [6, 6.07) is 8.80. The van der Waals surface area contributed by atoms with Crippen molar-refractivity contribution in [2.75, 3.05) is 32.7 Å². The van der Waals surface area contributed by atoms with Crippen LogP contribution in [0.25, 0.3) is 0 Å². The molecule has 2 aromatic rings. The van der Waals surface area contributed by atoms with Gasteiger partial charge < -0.3 is 24.4 Å². The first-order valence-corrected chi connectivity index (χ1v) is 9.54. The van der Waals surface area contributed by atoms with Crippen LogP contribution in [0, 0.1) is 5.92 Å². The van der Waals surface area contributed by atoms with Gasteiger partial charge in [-0.05, 0) is 37.1 Å². The molecule has 1 fully saturated rings. The van der Waals surface area contributed by atoms with Crippen molar-refractivity contribution in [2.24, 2.45) is 5.92 Å². The number of carbonyl (C=O) groups is 2. The zero-order valence-corrected chi connectivity index (χ0v) is 16.4. The second-order valence-electron chi connectivity index (χ2n) is 7.07. The molecule has 1 aliphatic carbocycles. The highest BCUT2D eigenvalue weighted by molar-refractivity contribution is 5.97. The van der Waals surface area contributed by atoms with E-state index in [1.807, 2.05) is 18.2 Å². The third-order valence-corrected chi connectivity index (χ3v) is 5.01. The Morgan fingerprint density at radius 1 is 1.17 bits per heavy atom. The molecule has 8 nitrogen and oxygen atoms in total. The molecule has 1 N–H and O–H groups in total. The van der Waals surface area contributed by atoms with Gasteiger partial charge in [0.05, 0.1) is 20.8 Å². The van der Waals surface area contributed by atoms with Crippen LogP contribution in [0.5, 0.6) is 17.5 Å². The zero-order chi connectivity index (χ0) is 20.4. The van der Waals surface area contributed by atoms with E-state index in [2.05, 4.69) is 10.3 Å². The predicted molar refractivity (Wildman–Crippen MR) is 105 cm³/mol. The maximum Gasteiger partial charge on any atom is 0.259 e. The number of benzene rings is 1. The van der Waals surface area contributed by atoms with Gasteiger partial charge in [-0.15, -0.1) is 0 Å². The molecule has 0 saturated heterocycles. The fourth-order valence-electron chi connectivity index (χ4n) is 3.26. The highest BCUT2D eigenvalue weighted by Gasteiger charge is 2.30. The third kappa shape index (κ3) is 4.11. The van der Waals surface area contributed by atoms with Gasteiger partial charge in [0.25, 0.3) is 5.91 Å². The number of fused-ring (bicyclic) bond motifs is 1. The van der Waals surface area contributed by atoms with Crippen LogP contribution in [0.3, 0.4) is 0 Å². The van der Waals surface area contributed by atoms with Crippen LogP contribution in [-0.2, 0) is 11.3 Å². The van der Waals surface area contributed by atoms with Gasteiger partial charge in [0.15, 0.2) is 0 Å². The highest BCUT2D eigenvalue weighted by atomic mass is 16.5. The lowest BCUT2D eigenvalue weighted by atomic mass is 10.1. The Balaban J connectivity index is 1.56. The Labute approximate surface area is 168 Å². The van der Waals surface area contributed by atoms with Crippen LogP contribution in [0.2, 0.25) is 0 Å². The molecule has 0 unspecified atom stereocenters. The minimum atomic E-state index is -0.208. The lowest BCUT2D eigenvalue weighted by Crippen LogP contribution is -2.32. The number of amides is 2. The van der Waals surface area contributed by atoms with E-state index in [-0.39, 0.29) is 23.6 Å². The molecule has 29 heavy (non-hydrogen) atoms. The van der Waals surface area contributed by atoms with Crippen molar-refractivity contribution >= 4 is 17.5 Å². The molecule has 2 heterocycles. The van der Waals surface area contributed by atoms with Crippen molar-refractivity contribution < 1.29 is 23.8 Å². The number of ether oxygens (including phenoxy) is 3. The Kier molecular flexibility index (Phi) is 5.24. The number of anilines is 1. The Morgan fingerprint density at radius 3 is 2.72 bits per heavy atom. The van der Waals surface area contributed by atoms with E-state index in [1.165, 1.54) is 14.2 Å². The summed E-state index contributed by atoms with van der Waals surface area (Å²) in [5, 5.41) is 2.94. The van der Waals surface area contributed by atoms with Crippen LogP contribution in [-0.4, -0.2) is 49.1 Å². The van der Waals surface area contributed by atoms with E-state index >= 15 is 0 Å². The Hall–Kier alpha value is -3.29. The summed E-state index contributed by atoms with van der Waals surface area (Å²) in [6.45, 7) is 1.15. The number of pyridine rings is 1. The number of hydrogen-bond acceptors (Lipinski definition) is 6. The van der Waals surface area contributed by atoms with E-state index in [9.17, 15) is 9.59 Å². The van der Waals surface area contributed by atoms with Gasteiger partial charge in [0, 0.05) is 29.8 Å². The Bertz CT molecular complexity index is 942. The summed E-state index contributed by atoms with van der Waals surface area (Å²) in [5.41, 5.74) is 1.90. The lowest BCUT2D eigenvalue weighted by molar-refractivity contribution is -0.117. The van der Waals surface area contributed by atoms with Crippen LogP contribution in [0.4, 0.5) is 5.69 Å². The van der Waals surface area contributed by atoms with Gasteiger partial charge in [-0.3, -0.25) is 9.59 Å². The number of nitrogens with zero attached hydrogens (tertiary/aromatic N) is 2. The first-order chi connectivity index (χ1) is 14.1. The average molecular weight is 397 g/mol. The molecule has 4 rings (SSSR count). The maximum atomic E-state index is 13.1. The van der Waals surface area contributed by atoms with E-state index in [4.69, 9.17) is 14.2 Å². The largest absolute Gasteiger partial charge is 0.491 e. The summed E-state index contributed by atoms with van der Waals surface area (Å²) < 4.78 is 16.2. The monoisotopic (exact) mass is 397 g/mol. The molecule has 1 aromatic heterocycles. The summed E-state index contributed by atoms with van der Waals surface area (Å²) in [4.78, 5) is 31.1. The van der Waals surface area contributed by atoms with Crippen LogP contribution in [0.15, 0.2) is 30.3 Å². The topological polar surface area (TPSA) is 90.0 Å². The molecule has 0 atom stereocenters. The lowest BCUT2D eigenvalue weighted by Gasteiger charge is -2.21. The van der Waals surface area contributed by atoms with Crippen molar-refractivity contribution in [3.8, 4) is 17.5 Å². The van der Waals surface area contributed by atoms with E-state index < -0.39 is 0 Å². The second kappa shape index (κ2) is 7.98. The molecule has 1 aliphatic heterocycles. The molecule has 0 radical (unpaired) electrons. The smallest absolute Gasteiger partial charge is 0.259 e. The van der Waals surface area contributed by atoms with Crippen LogP contribution < -0.4 is 19.5 Å². The van der Waals surface area contributed by atoms with Crippen molar-refractivity contribution in [3.05, 3.63) is 41.5 Å². The van der Waals surface area contributed by atoms with Gasteiger partial charge in [-0.25, -0.2) is 0 Å². The first kappa shape index (κ1) is 19.0. The van der Waals surface area contributed by atoms with E-state index in [1.54, 1.807) is 17.0 Å². The molecule has 2 amide bonds. The molecule has 1 saturated carbocycles. The normalized spacial score (nSPS) is 15.6. The second-order valence-corrected chi connectivity index (χ2v) is 7.07. The molecule has 2 aliphatic rings. The quantitative estimate of drug-likeness (QED) is 0.834. The van der Waals surface area contributed by atoms with Gasteiger partial charge in [0.2, 0.25) is 17.7 Å². The summed E-state index contributed by atoms with van der Waals surface area (Å²) in [6.07, 6.45) is 1.89. The molecular weight excluding hydrogens is 374 g/mol. The van der Waals surface area contributed by atoms with Crippen molar-refractivity contribution in [2.45, 2.75) is 19.4 Å². The standard InChI is InChI=1S/C21H23N3O5/c1-27-18-8-6-16(20(23-18)28-2)21(26)24-9-10-29-17-7-5-15(11-14(17)12-24)22-19(25)13-3-4-13/h5-8,11,13H,3-4,9-10,12H2,1-2H3,(H,22,25). The summed E-state index contributed by atoms with van der Waals surface area (Å²) in [7, 11) is 2.97. The van der Waals surface area contributed by atoms with E-state index in [0.717, 1.165) is 18.4 Å². The average Bonchev–Trinajstić information content (AvgIpc) is 3.59. The van der Waals surface area contributed by atoms with Crippen molar-refractivity contribution in [1.82, 2.24) is 9.88 Å². The minimum Gasteiger partial charge on any atom is -0.491 e. The summed E-state index contributed by atoms with van der Waals surface area (Å²) >= 11 is 0. The Morgan fingerprint density at radius 2 is 2.00 bits per heavy atom.